The fourth-order valence-electron chi connectivity index (χ4n) is 1.22. The Bertz CT molecular complexity index is 300. The van der Waals surface area contributed by atoms with Crippen LogP contribution in [0.15, 0.2) is 15.9 Å². The summed E-state index contributed by atoms with van der Waals surface area (Å²) in [4.78, 5) is 1.18. The number of nitriles is 1. The molecule has 0 aliphatic carbocycles. The number of hydrogen-bond donors (Lipinski definition) is 0. The first-order valence-electron chi connectivity index (χ1n) is 4.42. The number of unbranched alkanes of at least 4 members (excludes halogenated alkanes) is 1. The Balaban J connectivity index is 2.68. The zero-order valence-electron chi connectivity index (χ0n) is 7.59. The zero-order chi connectivity index (χ0) is 9.68. The summed E-state index contributed by atoms with van der Waals surface area (Å²) < 4.78 is 1.08. The maximum absolute atomic E-state index is 8.98. The average molecular weight is 258 g/mol. The molecule has 0 amide bonds. The van der Waals surface area contributed by atoms with E-state index in [0.29, 0.717) is 0 Å². The van der Waals surface area contributed by atoms with Gasteiger partial charge in [-0.05, 0) is 33.8 Å². The average Bonchev–Trinajstić information content (AvgIpc) is 2.54. The highest BCUT2D eigenvalue weighted by Gasteiger charge is 2.14. The highest BCUT2D eigenvalue weighted by atomic mass is 79.9. The molecular formula is C10H12BrNS. The van der Waals surface area contributed by atoms with Crippen LogP contribution in [0, 0.1) is 11.3 Å². The Morgan fingerprint density at radius 2 is 2.46 bits per heavy atom. The molecule has 0 aliphatic rings. The molecule has 1 aromatic heterocycles. The molecule has 0 saturated carbocycles. The van der Waals surface area contributed by atoms with E-state index < -0.39 is 0 Å². The van der Waals surface area contributed by atoms with E-state index in [4.69, 9.17) is 5.26 Å². The van der Waals surface area contributed by atoms with Crippen LogP contribution in [-0.2, 0) is 0 Å². The Hall–Kier alpha value is -0.330. The maximum Gasteiger partial charge on any atom is 0.0817 e. The molecular weight excluding hydrogens is 246 g/mol. The fraction of sp³-hybridized carbons (Fsp3) is 0.500. The van der Waals surface area contributed by atoms with Crippen LogP contribution in [0.1, 0.15) is 37.0 Å². The predicted molar refractivity (Wildman–Crippen MR) is 59.9 cm³/mol. The molecule has 0 bridgehead atoms. The highest BCUT2D eigenvalue weighted by Crippen LogP contribution is 2.32. The molecule has 0 spiro atoms. The van der Waals surface area contributed by atoms with Crippen molar-refractivity contribution in [3.05, 3.63) is 20.8 Å². The van der Waals surface area contributed by atoms with Crippen LogP contribution < -0.4 is 0 Å². The summed E-state index contributed by atoms with van der Waals surface area (Å²) in [7, 11) is 0. The minimum atomic E-state index is 0.0781. The summed E-state index contributed by atoms with van der Waals surface area (Å²) in [6.45, 7) is 2.15. The van der Waals surface area contributed by atoms with Gasteiger partial charge >= 0.3 is 0 Å². The molecule has 0 saturated heterocycles. The van der Waals surface area contributed by atoms with Gasteiger partial charge in [0.25, 0.3) is 0 Å². The second-order valence-electron chi connectivity index (χ2n) is 2.96. The Morgan fingerprint density at radius 1 is 1.69 bits per heavy atom. The Morgan fingerprint density at radius 3 is 2.92 bits per heavy atom. The fourth-order valence-corrected chi connectivity index (χ4v) is 2.95. The zero-order valence-corrected chi connectivity index (χ0v) is 9.99. The first-order chi connectivity index (χ1) is 6.29. The summed E-state index contributed by atoms with van der Waals surface area (Å²) in [5.74, 6) is 0.0781. The number of thiophene rings is 1. The van der Waals surface area contributed by atoms with Crippen molar-refractivity contribution < 1.29 is 0 Å². The lowest BCUT2D eigenvalue weighted by Gasteiger charge is -2.05. The molecule has 0 radical (unpaired) electrons. The van der Waals surface area contributed by atoms with Crippen LogP contribution in [0.2, 0.25) is 0 Å². The van der Waals surface area contributed by atoms with Crippen LogP contribution in [0.25, 0.3) is 0 Å². The van der Waals surface area contributed by atoms with Gasteiger partial charge in [0.1, 0.15) is 0 Å². The van der Waals surface area contributed by atoms with E-state index in [1.807, 2.05) is 11.4 Å². The van der Waals surface area contributed by atoms with E-state index in [0.717, 1.165) is 23.7 Å². The molecule has 70 valence electrons. The first-order valence-corrected chi connectivity index (χ1v) is 6.09. The van der Waals surface area contributed by atoms with Crippen molar-refractivity contribution in [2.75, 3.05) is 0 Å². The SMILES string of the molecule is CCCCC(C#N)c1sccc1Br. The van der Waals surface area contributed by atoms with Gasteiger partial charge in [0.05, 0.1) is 12.0 Å². The van der Waals surface area contributed by atoms with Crippen molar-refractivity contribution in [3.8, 4) is 6.07 Å². The molecule has 1 aromatic rings. The molecule has 0 aromatic carbocycles. The second-order valence-corrected chi connectivity index (χ2v) is 4.76. The summed E-state index contributed by atoms with van der Waals surface area (Å²) in [5.41, 5.74) is 0. The smallest absolute Gasteiger partial charge is 0.0817 e. The van der Waals surface area contributed by atoms with Gasteiger partial charge < -0.3 is 0 Å². The van der Waals surface area contributed by atoms with E-state index >= 15 is 0 Å². The van der Waals surface area contributed by atoms with E-state index in [1.54, 1.807) is 11.3 Å². The minimum absolute atomic E-state index is 0.0781. The first kappa shape index (κ1) is 10.7. The molecule has 0 N–H and O–H groups in total. The van der Waals surface area contributed by atoms with Gasteiger partial charge in [-0.15, -0.1) is 11.3 Å². The molecule has 13 heavy (non-hydrogen) atoms. The quantitative estimate of drug-likeness (QED) is 0.789. The lowest BCUT2D eigenvalue weighted by atomic mass is 10.0. The van der Waals surface area contributed by atoms with Crippen molar-refractivity contribution >= 4 is 27.3 Å². The van der Waals surface area contributed by atoms with E-state index in [-0.39, 0.29) is 5.92 Å². The van der Waals surface area contributed by atoms with Crippen LogP contribution in [0.4, 0.5) is 0 Å². The molecule has 3 heteroatoms. The molecule has 1 nitrogen and oxygen atoms in total. The van der Waals surface area contributed by atoms with Gasteiger partial charge in [-0.3, -0.25) is 0 Å². The molecule has 0 aliphatic heterocycles. The third-order valence-electron chi connectivity index (χ3n) is 1.96. The number of rotatable bonds is 4. The van der Waals surface area contributed by atoms with Gasteiger partial charge in [0.2, 0.25) is 0 Å². The van der Waals surface area contributed by atoms with Crippen LogP contribution in [-0.4, -0.2) is 0 Å². The van der Waals surface area contributed by atoms with Crippen LogP contribution in [0.3, 0.4) is 0 Å². The minimum Gasteiger partial charge on any atom is -0.198 e. The third-order valence-corrected chi connectivity index (χ3v) is 3.95. The van der Waals surface area contributed by atoms with Crippen molar-refractivity contribution in [2.24, 2.45) is 0 Å². The summed E-state index contributed by atoms with van der Waals surface area (Å²) >= 11 is 5.12. The molecule has 1 atom stereocenters. The summed E-state index contributed by atoms with van der Waals surface area (Å²) in [6, 6.07) is 4.37. The molecule has 1 heterocycles. The second kappa shape index (κ2) is 5.41. The monoisotopic (exact) mass is 257 g/mol. The lowest BCUT2D eigenvalue weighted by Crippen LogP contribution is -1.93. The lowest BCUT2D eigenvalue weighted by molar-refractivity contribution is 0.676. The van der Waals surface area contributed by atoms with Gasteiger partial charge in [0.15, 0.2) is 0 Å². The van der Waals surface area contributed by atoms with E-state index in [9.17, 15) is 0 Å². The largest absolute Gasteiger partial charge is 0.198 e. The topological polar surface area (TPSA) is 23.8 Å². The van der Waals surface area contributed by atoms with Crippen LogP contribution >= 0.6 is 27.3 Å². The standard InChI is InChI=1S/C10H12BrNS/c1-2-3-4-8(7-12)10-9(11)5-6-13-10/h5-6,8H,2-4H2,1H3. The van der Waals surface area contributed by atoms with Crippen molar-refractivity contribution in [1.82, 2.24) is 0 Å². The Kier molecular flexibility index (Phi) is 4.47. The van der Waals surface area contributed by atoms with Gasteiger partial charge in [-0.1, -0.05) is 19.8 Å². The van der Waals surface area contributed by atoms with Crippen molar-refractivity contribution in [2.45, 2.75) is 32.1 Å². The summed E-state index contributed by atoms with van der Waals surface area (Å²) in [5, 5.41) is 11.0. The van der Waals surface area contributed by atoms with E-state index in [1.165, 1.54) is 4.88 Å². The van der Waals surface area contributed by atoms with Gasteiger partial charge in [0, 0.05) is 9.35 Å². The Labute approximate surface area is 91.5 Å². The number of nitrogens with zero attached hydrogens (tertiary/aromatic N) is 1. The third kappa shape index (κ3) is 2.82. The molecule has 0 fully saturated rings. The van der Waals surface area contributed by atoms with Gasteiger partial charge in [-0.25, -0.2) is 0 Å². The number of halogens is 1. The molecule has 1 unspecified atom stereocenters. The van der Waals surface area contributed by atoms with Crippen molar-refractivity contribution in [3.63, 3.8) is 0 Å². The predicted octanol–water partition coefficient (Wildman–Crippen LogP) is 4.31. The molecule has 1 rings (SSSR count). The summed E-state index contributed by atoms with van der Waals surface area (Å²) in [6.07, 6.45) is 3.26. The van der Waals surface area contributed by atoms with Gasteiger partial charge in [-0.2, -0.15) is 5.26 Å². The van der Waals surface area contributed by atoms with E-state index in [2.05, 4.69) is 28.9 Å². The van der Waals surface area contributed by atoms with Crippen LogP contribution in [0.5, 0.6) is 0 Å². The normalized spacial score (nSPS) is 12.4. The highest BCUT2D eigenvalue weighted by molar-refractivity contribution is 9.10. The van der Waals surface area contributed by atoms with Crippen molar-refractivity contribution in [1.29, 1.82) is 5.26 Å². The number of hydrogen-bond acceptors (Lipinski definition) is 2. The maximum atomic E-state index is 8.98.